The van der Waals surface area contributed by atoms with Gasteiger partial charge in [-0.3, -0.25) is 0 Å². The van der Waals surface area contributed by atoms with Gasteiger partial charge in [-0.25, -0.2) is 0 Å². The fourth-order valence-electron chi connectivity index (χ4n) is 0.708. The Balaban J connectivity index is 3.31. The maximum Gasteiger partial charge on any atom is 0.0569 e. The summed E-state index contributed by atoms with van der Waals surface area (Å²) < 4.78 is 0. The van der Waals surface area contributed by atoms with Crippen molar-refractivity contribution >= 4 is 35.8 Å². The number of rotatable bonds is 0. The Morgan fingerprint density at radius 2 is 1.90 bits per heavy atom. The van der Waals surface area contributed by atoms with Crippen LogP contribution < -0.4 is 0 Å². The summed E-state index contributed by atoms with van der Waals surface area (Å²) in [5.41, 5.74) is 0.958. The summed E-state index contributed by atoms with van der Waals surface area (Å²) in [4.78, 5) is 0.728. The standard InChI is InChI=1S/C7H6Cl2S/c1-4-2-5(8)3-6(10)7(4)9/h2-3,10H,1H3. The van der Waals surface area contributed by atoms with Gasteiger partial charge in [0.05, 0.1) is 5.02 Å². The van der Waals surface area contributed by atoms with Crippen LogP contribution in [0.15, 0.2) is 17.0 Å². The molecule has 0 nitrogen and oxygen atoms in total. The van der Waals surface area contributed by atoms with E-state index in [1.54, 1.807) is 6.07 Å². The lowest BCUT2D eigenvalue weighted by atomic mass is 10.2. The van der Waals surface area contributed by atoms with E-state index in [0.29, 0.717) is 10.0 Å². The molecule has 54 valence electrons. The van der Waals surface area contributed by atoms with Gasteiger partial charge in [-0.1, -0.05) is 23.2 Å². The molecule has 0 saturated carbocycles. The van der Waals surface area contributed by atoms with Crippen molar-refractivity contribution < 1.29 is 0 Å². The summed E-state index contributed by atoms with van der Waals surface area (Å²) in [5, 5.41) is 1.35. The molecule has 0 bridgehead atoms. The van der Waals surface area contributed by atoms with Gasteiger partial charge in [-0.15, -0.1) is 12.6 Å². The van der Waals surface area contributed by atoms with E-state index in [0.717, 1.165) is 10.5 Å². The first-order valence-electron chi connectivity index (χ1n) is 2.76. The third-order valence-electron chi connectivity index (χ3n) is 1.20. The van der Waals surface area contributed by atoms with Crippen molar-refractivity contribution in [3.05, 3.63) is 27.7 Å². The normalized spacial score (nSPS) is 10.0. The van der Waals surface area contributed by atoms with Crippen LogP contribution in [0.1, 0.15) is 5.56 Å². The highest BCUT2D eigenvalue weighted by atomic mass is 35.5. The molecule has 0 aliphatic rings. The molecule has 0 spiro atoms. The SMILES string of the molecule is Cc1cc(Cl)cc(S)c1Cl. The minimum Gasteiger partial charge on any atom is -0.142 e. The van der Waals surface area contributed by atoms with Gasteiger partial charge in [0.1, 0.15) is 0 Å². The highest BCUT2D eigenvalue weighted by molar-refractivity contribution is 7.80. The minimum atomic E-state index is 0.673. The second-order valence-corrected chi connectivity index (χ2v) is 3.35. The molecule has 0 amide bonds. The van der Waals surface area contributed by atoms with Crippen LogP contribution in [0, 0.1) is 6.92 Å². The smallest absolute Gasteiger partial charge is 0.0569 e. The van der Waals surface area contributed by atoms with E-state index in [-0.39, 0.29) is 0 Å². The fraction of sp³-hybridized carbons (Fsp3) is 0.143. The third-order valence-corrected chi connectivity index (χ3v) is 2.40. The molecule has 0 N–H and O–H groups in total. The Labute approximate surface area is 75.6 Å². The summed E-state index contributed by atoms with van der Waals surface area (Å²) >= 11 is 15.7. The van der Waals surface area contributed by atoms with Crippen LogP contribution in [0.3, 0.4) is 0 Å². The summed E-state index contributed by atoms with van der Waals surface area (Å²) in [6, 6.07) is 3.53. The summed E-state index contributed by atoms with van der Waals surface area (Å²) in [6.45, 7) is 1.90. The van der Waals surface area contributed by atoms with Gasteiger partial charge in [0.25, 0.3) is 0 Å². The molecule has 0 saturated heterocycles. The molecule has 0 radical (unpaired) electrons. The molecule has 0 aromatic heterocycles. The molecule has 0 unspecified atom stereocenters. The van der Waals surface area contributed by atoms with Gasteiger partial charge in [-0.05, 0) is 24.6 Å². The first-order chi connectivity index (χ1) is 4.61. The molecular weight excluding hydrogens is 187 g/mol. The predicted octanol–water partition coefficient (Wildman–Crippen LogP) is 3.59. The van der Waals surface area contributed by atoms with Crippen molar-refractivity contribution in [1.82, 2.24) is 0 Å². The van der Waals surface area contributed by atoms with Gasteiger partial charge in [0.2, 0.25) is 0 Å². The molecule has 0 fully saturated rings. The van der Waals surface area contributed by atoms with E-state index in [9.17, 15) is 0 Å². The number of halogens is 2. The molecule has 0 aliphatic heterocycles. The van der Waals surface area contributed by atoms with Crippen LogP contribution in [0.2, 0.25) is 10.0 Å². The van der Waals surface area contributed by atoms with Crippen LogP contribution >= 0.6 is 35.8 Å². The fourth-order valence-corrected chi connectivity index (χ4v) is 1.48. The first kappa shape index (κ1) is 8.25. The predicted molar refractivity (Wildman–Crippen MR) is 48.5 cm³/mol. The molecule has 0 heterocycles. The summed E-state index contributed by atoms with van der Waals surface area (Å²) in [6.07, 6.45) is 0. The van der Waals surface area contributed by atoms with E-state index < -0.39 is 0 Å². The Bertz CT molecular complexity index is 235. The molecule has 0 aliphatic carbocycles. The van der Waals surface area contributed by atoms with Gasteiger partial charge in [0.15, 0.2) is 0 Å². The number of hydrogen-bond donors (Lipinski definition) is 1. The van der Waals surface area contributed by atoms with E-state index >= 15 is 0 Å². The van der Waals surface area contributed by atoms with Crippen molar-refractivity contribution in [3.8, 4) is 0 Å². The molecular formula is C7H6Cl2S. The van der Waals surface area contributed by atoms with Gasteiger partial charge >= 0.3 is 0 Å². The summed E-state index contributed by atoms with van der Waals surface area (Å²) in [5.74, 6) is 0. The number of aryl methyl sites for hydroxylation is 1. The van der Waals surface area contributed by atoms with Gasteiger partial charge in [0, 0.05) is 9.92 Å². The molecule has 1 aromatic carbocycles. The highest BCUT2D eigenvalue weighted by Crippen LogP contribution is 2.27. The van der Waals surface area contributed by atoms with Crippen LogP contribution in [0.5, 0.6) is 0 Å². The minimum absolute atomic E-state index is 0.673. The lowest BCUT2D eigenvalue weighted by Gasteiger charge is -2.00. The monoisotopic (exact) mass is 192 g/mol. The highest BCUT2D eigenvalue weighted by Gasteiger charge is 2.00. The molecule has 10 heavy (non-hydrogen) atoms. The van der Waals surface area contributed by atoms with E-state index in [1.165, 1.54) is 0 Å². The van der Waals surface area contributed by atoms with Gasteiger partial charge in [-0.2, -0.15) is 0 Å². The van der Waals surface area contributed by atoms with Crippen molar-refractivity contribution in [2.45, 2.75) is 11.8 Å². The number of hydrogen-bond acceptors (Lipinski definition) is 1. The topological polar surface area (TPSA) is 0 Å². The zero-order chi connectivity index (χ0) is 7.72. The second kappa shape index (κ2) is 3.04. The van der Waals surface area contributed by atoms with Crippen LogP contribution in [0.4, 0.5) is 0 Å². The van der Waals surface area contributed by atoms with E-state index in [4.69, 9.17) is 23.2 Å². The van der Waals surface area contributed by atoms with Crippen LogP contribution in [-0.2, 0) is 0 Å². The Morgan fingerprint density at radius 1 is 1.30 bits per heavy atom. The zero-order valence-electron chi connectivity index (χ0n) is 5.36. The number of benzene rings is 1. The molecule has 3 heteroatoms. The quantitative estimate of drug-likeness (QED) is 0.598. The Hall–Kier alpha value is 0.150. The molecule has 1 aromatic rings. The first-order valence-corrected chi connectivity index (χ1v) is 3.96. The van der Waals surface area contributed by atoms with E-state index in [1.807, 2.05) is 13.0 Å². The van der Waals surface area contributed by atoms with Crippen LogP contribution in [0.25, 0.3) is 0 Å². The Morgan fingerprint density at radius 3 is 2.40 bits per heavy atom. The zero-order valence-corrected chi connectivity index (χ0v) is 7.76. The maximum atomic E-state index is 5.81. The largest absolute Gasteiger partial charge is 0.142 e. The lowest BCUT2D eigenvalue weighted by Crippen LogP contribution is -1.76. The maximum absolute atomic E-state index is 5.81. The Kier molecular flexibility index (Phi) is 2.50. The average Bonchev–Trinajstić information content (AvgIpc) is 1.82. The van der Waals surface area contributed by atoms with Crippen LogP contribution in [-0.4, -0.2) is 0 Å². The lowest BCUT2D eigenvalue weighted by molar-refractivity contribution is 1.37. The van der Waals surface area contributed by atoms with E-state index in [2.05, 4.69) is 12.6 Å². The number of thiol groups is 1. The molecule has 1 rings (SSSR count). The van der Waals surface area contributed by atoms with Crippen molar-refractivity contribution in [2.24, 2.45) is 0 Å². The van der Waals surface area contributed by atoms with Crippen molar-refractivity contribution in [1.29, 1.82) is 0 Å². The molecule has 0 atom stereocenters. The summed E-state index contributed by atoms with van der Waals surface area (Å²) in [7, 11) is 0. The third kappa shape index (κ3) is 1.60. The van der Waals surface area contributed by atoms with Crippen molar-refractivity contribution in [2.75, 3.05) is 0 Å². The van der Waals surface area contributed by atoms with Crippen molar-refractivity contribution in [3.63, 3.8) is 0 Å². The van der Waals surface area contributed by atoms with Gasteiger partial charge < -0.3 is 0 Å². The average molecular weight is 193 g/mol. The second-order valence-electron chi connectivity index (χ2n) is 2.06.